The summed E-state index contributed by atoms with van der Waals surface area (Å²) in [5.74, 6) is 0.358. The van der Waals surface area contributed by atoms with Gasteiger partial charge in [0.05, 0.1) is 5.92 Å². The van der Waals surface area contributed by atoms with Gasteiger partial charge in [-0.1, -0.05) is 90.4 Å². The molecule has 2 nitrogen and oxygen atoms in total. The summed E-state index contributed by atoms with van der Waals surface area (Å²) in [5, 5.41) is 0. The highest BCUT2D eigenvalue weighted by Gasteiger charge is 2.48. The van der Waals surface area contributed by atoms with Crippen molar-refractivity contribution >= 4 is 5.97 Å². The van der Waals surface area contributed by atoms with E-state index in [9.17, 15) is 4.79 Å². The van der Waals surface area contributed by atoms with Crippen molar-refractivity contribution in [1.82, 2.24) is 0 Å². The predicted molar refractivity (Wildman–Crippen MR) is 106 cm³/mol. The second kappa shape index (κ2) is 12.0. The quantitative estimate of drug-likeness (QED) is 0.202. The van der Waals surface area contributed by atoms with Crippen LogP contribution in [0.5, 0.6) is 0 Å². The first-order valence-electron chi connectivity index (χ1n) is 11.5. The van der Waals surface area contributed by atoms with Crippen molar-refractivity contribution in [2.45, 2.75) is 135 Å². The van der Waals surface area contributed by atoms with E-state index in [1.54, 1.807) is 0 Å². The van der Waals surface area contributed by atoms with Crippen molar-refractivity contribution in [3.63, 3.8) is 0 Å². The van der Waals surface area contributed by atoms with Gasteiger partial charge in [0.25, 0.3) is 0 Å². The molecule has 25 heavy (non-hydrogen) atoms. The Hall–Kier alpha value is -0.530. The molecule has 2 heteroatoms. The fraction of sp³-hybridized carbons (Fsp3) is 0.957. The summed E-state index contributed by atoms with van der Waals surface area (Å²) >= 11 is 0. The molecule has 0 heterocycles. The van der Waals surface area contributed by atoms with E-state index in [4.69, 9.17) is 4.74 Å². The fourth-order valence-electron chi connectivity index (χ4n) is 3.80. The van der Waals surface area contributed by atoms with Crippen LogP contribution < -0.4 is 0 Å². The molecule has 0 bridgehead atoms. The first-order chi connectivity index (χ1) is 12.3. The van der Waals surface area contributed by atoms with Gasteiger partial charge < -0.3 is 4.74 Å². The molecule has 0 unspecified atom stereocenters. The lowest BCUT2D eigenvalue weighted by Gasteiger charge is -2.16. The Balaban J connectivity index is 1.30. The predicted octanol–water partition coefficient (Wildman–Crippen LogP) is 7.34. The molecule has 0 atom stereocenters. The molecule has 0 radical (unpaired) electrons. The van der Waals surface area contributed by atoms with Crippen LogP contribution in [-0.4, -0.2) is 11.6 Å². The van der Waals surface area contributed by atoms with Crippen LogP contribution >= 0.6 is 0 Å². The Morgan fingerprint density at radius 3 is 1.60 bits per heavy atom. The number of carbonyl (C=O) groups excluding carboxylic acids is 1. The number of hydrogen-bond acceptors (Lipinski definition) is 2. The lowest BCUT2D eigenvalue weighted by molar-refractivity contribution is -0.153. The Bertz CT molecular complexity index is 355. The Labute approximate surface area is 156 Å². The van der Waals surface area contributed by atoms with Gasteiger partial charge in [0, 0.05) is 0 Å². The summed E-state index contributed by atoms with van der Waals surface area (Å²) in [6.45, 7) is 2.29. The van der Waals surface area contributed by atoms with Gasteiger partial charge in [-0.2, -0.15) is 0 Å². The zero-order valence-electron chi connectivity index (χ0n) is 16.8. The van der Waals surface area contributed by atoms with Gasteiger partial charge in [-0.15, -0.1) is 0 Å². The monoisotopic (exact) mass is 350 g/mol. The molecule has 0 amide bonds. The molecule has 0 spiro atoms. The molecule has 0 N–H and O–H groups in total. The number of ether oxygens (including phenoxy) is 1. The molecule has 2 aliphatic carbocycles. The summed E-state index contributed by atoms with van der Waals surface area (Å²) in [6, 6.07) is 0. The molecule has 2 fully saturated rings. The number of carbonyl (C=O) groups is 1. The van der Waals surface area contributed by atoms with E-state index in [0.29, 0.717) is 0 Å². The zero-order valence-corrected chi connectivity index (χ0v) is 16.8. The van der Waals surface area contributed by atoms with E-state index in [1.807, 2.05) is 0 Å². The van der Waals surface area contributed by atoms with Crippen molar-refractivity contribution in [3.05, 3.63) is 0 Å². The zero-order chi connectivity index (χ0) is 17.8. The second-order valence-electron chi connectivity index (χ2n) is 8.72. The first kappa shape index (κ1) is 20.8. The van der Waals surface area contributed by atoms with Crippen molar-refractivity contribution in [3.8, 4) is 0 Å². The van der Waals surface area contributed by atoms with E-state index in [0.717, 1.165) is 32.1 Å². The Morgan fingerprint density at radius 2 is 1.20 bits per heavy atom. The number of unbranched alkanes of at least 4 members (excludes halogenated alkanes) is 13. The van der Waals surface area contributed by atoms with Crippen LogP contribution in [0.4, 0.5) is 0 Å². The lowest BCUT2D eigenvalue weighted by Crippen LogP contribution is -2.20. The van der Waals surface area contributed by atoms with Crippen molar-refractivity contribution < 1.29 is 9.53 Å². The van der Waals surface area contributed by atoms with Gasteiger partial charge in [0.2, 0.25) is 0 Å². The Kier molecular flexibility index (Phi) is 9.94. The largest absolute Gasteiger partial charge is 0.459 e. The van der Waals surface area contributed by atoms with Gasteiger partial charge >= 0.3 is 5.97 Å². The van der Waals surface area contributed by atoms with Gasteiger partial charge in [0.15, 0.2) is 0 Å². The maximum Gasteiger partial charge on any atom is 0.309 e. The van der Waals surface area contributed by atoms with E-state index >= 15 is 0 Å². The SMILES string of the molecule is CCCCCCCCCCCCCCCCC1(OC(=O)C2CC2)CC1. The lowest BCUT2D eigenvalue weighted by atomic mass is 10.0. The molecular weight excluding hydrogens is 308 g/mol. The Morgan fingerprint density at radius 1 is 0.760 bits per heavy atom. The van der Waals surface area contributed by atoms with Crippen molar-refractivity contribution in [1.29, 1.82) is 0 Å². The normalized spacial score (nSPS) is 18.3. The van der Waals surface area contributed by atoms with Crippen LogP contribution in [0.25, 0.3) is 0 Å². The number of hydrogen-bond donors (Lipinski definition) is 0. The minimum atomic E-state index is -0.0171. The summed E-state index contributed by atoms with van der Waals surface area (Å²) in [5.41, 5.74) is -0.0171. The highest BCUT2D eigenvalue weighted by atomic mass is 16.6. The topological polar surface area (TPSA) is 26.3 Å². The number of esters is 1. The average Bonchev–Trinajstić information content (AvgIpc) is 3.50. The molecule has 0 aromatic carbocycles. The molecule has 0 aromatic rings. The van der Waals surface area contributed by atoms with Crippen LogP contribution in [0.15, 0.2) is 0 Å². The summed E-state index contributed by atoms with van der Waals surface area (Å²) in [6.07, 6.45) is 25.1. The summed E-state index contributed by atoms with van der Waals surface area (Å²) in [7, 11) is 0. The summed E-state index contributed by atoms with van der Waals surface area (Å²) in [4.78, 5) is 11.8. The third kappa shape index (κ3) is 9.66. The van der Waals surface area contributed by atoms with E-state index in [1.165, 1.54) is 89.9 Å². The van der Waals surface area contributed by atoms with Crippen LogP contribution in [0.2, 0.25) is 0 Å². The molecule has 0 aliphatic heterocycles. The average molecular weight is 351 g/mol. The molecule has 2 aliphatic rings. The first-order valence-corrected chi connectivity index (χ1v) is 11.5. The van der Waals surface area contributed by atoms with Gasteiger partial charge in [0.1, 0.15) is 5.60 Å². The third-order valence-corrected chi connectivity index (χ3v) is 6.02. The van der Waals surface area contributed by atoms with Crippen LogP contribution in [-0.2, 0) is 9.53 Å². The molecular formula is C23H42O2. The molecule has 2 rings (SSSR count). The standard InChI is InChI=1S/C23H42O2/c1-2-3-4-5-6-7-8-9-10-11-12-13-14-15-18-23(19-20-23)25-22(24)21-16-17-21/h21H,2-20H2,1H3. The van der Waals surface area contributed by atoms with Gasteiger partial charge in [-0.05, 0) is 38.5 Å². The number of rotatable bonds is 17. The van der Waals surface area contributed by atoms with Crippen LogP contribution in [0, 0.1) is 5.92 Å². The van der Waals surface area contributed by atoms with Crippen LogP contribution in [0.1, 0.15) is 129 Å². The molecule has 2 saturated carbocycles. The maximum absolute atomic E-state index is 11.8. The summed E-state index contributed by atoms with van der Waals surface area (Å²) < 4.78 is 5.75. The van der Waals surface area contributed by atoms with Crippen LogP contribution in [0.3, 0.4) is 0 Å². The fourth-order valence-corrected chi connectivity index (χ4v) is 3.80. The van der Waals surface area contributed by atoms with Crippen molar-refractivity contribution in [2.75, 3.05) is 0 Å². The molecule has 146 valence electrons. The van der Waals surface area contributed by atoms with Crippen molar-refractivity contribution in [2.24, 2.45) is 5.92 Å². The molecule has 0 aromatic heterocycles. The maximum atomic E-state index is 11.8. The minimum Gasteiger partial charge on any atom is -0.459 e. The van der Waals surface area contributed by atoms with E-state index in [2.05, 4.69) is 6.92 Å². The van der Waals surface area contributed by atoms with E-state index in [-0.39, 0.29) is 17.5 Å². The third-order valence-electron chi connectivity index (χ3n) is 6.02. The minimum absolute atomic E-state index is 0.0171. The highest BCUT2D eigenvalue weighted by molar-refractivity contribution is 5.75. The van der Waals surface area contributed by atoms with E-state index < -0.39 is 0 Å². The van der Waals surface area contributed by atoms with Gasteiger partial charge in [-0.25, -0.2) is 0 Å². The molecule has 0 saturated heterocycles. The van der Waals surface area contributed by atoms with Gasteiger partial charge in [-0.3, -0.25) is 4.79 Å². The smallest absolute Gasteiger partial charge is 0.309 e. The second-order valence-corrected chi connectivity index (χ2v) is 8.72. The highest BCUT2D eigenvalue weighted by Crippen LogP contribution is 2.46.